The first kappa shape index (κ1) is 24.4. The van der Waals surface area contributed by atoms with Gasteiger partial charge in [0.25, 0.3) is 0 Å². The number of methoxy groups -OCH3 is 1. The fourth-order valence-electron chi connectivity index (χ4n) is 5.04. The molecule has 0 unspecified atom stereocenters. The lowest BCUT2D eigenvalue weighted by Crippen LogP contribution is -2.52. The van der Waals surface area contributed by atoms with Crippen LogP contribution in [0.4, 0.5) is 4.39 Å². The molecular weight excluding hydrogens is 493 g/mol. The van der Waals surface area contributed by atoms with Crippen molar-refractivity contribution in [2.24, 2.45) is 5.41 Å². The molecular formula is C27H28FN5O5. The van der Waals surface area contributed by atoms with Gasteiger partial charge in [-0.3, -0.25) is 4.79 Å². The Kier molecular flexibility index (Phi) is 6.22. The number of carbonyl (C=O) groups excluding carboxylic acids is 1. The van der Waals surface area contributed by atoms with Crippen molar-refractivity contribution in [3.63, 3.8) is 0 Å². The van der Waals surface area contributed by atoms with Gasteiger partial charge in [-0.2, -0.15) is 0 Å². The van der Waals surface area contributed by atoms with E-state index in [2.05, 4.69) is 19.9 Å². The third kappa shape index (κ3) is 4.47. The SMILES string of the molecule is COc1cc2c(Oc3cnc4[nH]c(C)cc4c3F)ncnc2cc1OCCC(=O)N1CCC2(CC1)COC2. The molecule has 5 heterocycles. The molecule has 0 radical (unpaired) electrons. The summed E-state index contributed by atoms with van der Waals surface area (Å²) in [6.45, 7) is 5.16. The molecule has 2 aliphatic heterocycles. The van der Waals surface area contributed by atoms with Crippen LogP contribution in [0, 0.1) is 18.2 Å². The summed E-state index contributed by atoms with van der Waals surface area (Å²) in [5.41, 5.74) is 2.04. The van der Waals surface area contributed by atoms with Gasteiger partial charge in [-0.05, 0) is 31.9 Å². The topological polar surface area (TPSA) is 112 Å². The van der Waals surface area contributed by atoms with E-state index in [4.69, 9.17) is 18.9 Å². The Hall–Kier alpha value is -3.99. The number of ether oxygens (including phenoxy) is 4. The van der Waals surface area contributed by atoms with Crippen molar-refractivity contribution in [1.29, 1.82) is 0 Å². The molecule has 10 nitrogen and oxygen atoms in total. The van der Waals surface area contributed by atoms with Crippen LogP contribution in [0.3, 0.4) is 0 Å². The number of benzene rings is 1. The van der Waals surface area contributed by atoms with E-state index in [1.165, 1.54) is 19.6 Å². The molecule has 198 valence electrons. The Labute approximate surface area is 218 Å². The Morgan fingerprint density at radius 1 is 1.11 bits per heavy atom. The highest BCUT2D eigenvalue weighted by atomic mass is 19.1. The van der Waals surface area contributed by atoms with Crippen molar-refractivity contribution in [1.82, 2.24) is 24.8 Å². The van der Waals surface area contributed by atoms with E-state index in [0.29, 0.717) is 33.4 Å². The fourth-order valence-corrected chi connectivity index (χ4v) is 5.04. The van der Waals surface area contributed by atoms with Gasteiger partial charge < -0.3 is 28.8 Å². The van der Waals surface area contributed by atoms with Crippen LogP contribution < -0.4 is 14.2 Å². The van der Waals surface area contributed by atoms with Gasteiger partial charge in [0.15, 0.2) is 23.1 Å². The lowest BCUT2D eigenvalue weighted by Gasteiger charge is -2.47. The summed E-state index contributed by atoms with van der Waals surface area (Å²) in [5, 5.41) is 0.849. The Morgan fingerprint density at radius 2 is 1.92 bits per heavy atom. The van der Waals surface area contributed by atoms with Gasteiger partial charge in [0.05, 0.1) is 55.8 Å². The van der Waals surface area contributed by atoms with E-state index in [9.17, 15) is 4.79 Å². The van der Waals surface area contributed by atoms with E-state index in [-0.39, 0.29) is 36.0 Å². The van der Waals surface area contributed by atoms with Crippen molar-refractivity contribution in [2.75, 3.05) is 40.0 Å². The number of nitrogens with one attached hydrogen (secondary N) is 1. The summed E-state index contributed by atoms with van der Waals surface area (Å²) in [6.07, 6.45) is 4.88. The maximum Gasteiger partial charge on any atom is 0.230 e. The van der Waals surface area contributed by atoms with Crippen molar-refractivity contribution in [2.45, 2.75) is 26.2 Å². The van der Waals surface area contributed by atoms with Crippen molar-refractivity contribution in [3.8, 4) is 23.1 Å². The van der Waals surface area contributed by atoms with Crippen LogP contribution in [-0.4, -0.2) is 70.8 Å². The Bertz CT molecular complexity index is 1510. The van der Waals surface area contributed by atoms with E-state index in [0.717, 1.165) is 44.8 Å². The number of rotatable bonds is 7. The minimum absolute atomic E-state index is 0.0530. The van der Waals surface area contributed by atoms with Crippen LogP contribution in [-0.2, 0) is 9.53 Å². The quantitative estimate of drug-likeness (QED) is 0.386. The highest BCUT2D eigenvalue weighted by molar-refractivity contribution is 5.87. The van der Waals surface area contributed by atoms with E-state index in [1.807, 2.05) is 11.8 Å². The van der Waals surface area contributed by atoms with Crippen LogP contribution in [0.5, 0.6) is 23.1 Å². The number of aromatic amines is 1. The number of likely N-dealkylation sites (tertiary alicyclic amines) is 1. The Balaban J connectivity index is 1.16. The lowest BCUT2D eigenvalue weighted by atomic mass is 9.77. The van der Waals surface area contributed by atoms with Crippen LogP contribution in [0.2, 0.25) is 0 Å². The summed E-state index contributed by atoms with van der Waals surface area (Å²) >= 11 is 0. The molecule has 0 saturated carbocycles. The predicted molar refractivity (Wildman–Crippen MR) is 136 cm³/mol. The van der Waals surface area contributed by atoms with Gasteiger partial charge in [0.1, 0.15) is 12.0 Å². The number of fused-ring (bicyclic) bond motifs is 2. The minimum atomic E-state index is -0.535. The van der Waals surface area contributed by atoms with Gasteiger partial charge in [-0.15, -0.1) is 0 Å². The Morgan fingerprint density at radius 3 is 2.66 bits per heavy atom. The van der Waals surface area contributed by atoms with Gasteiger partial charge in [-0.25, -0.2) is 19.3 Å². The summed E-state index contributed by atoms with van der Waals surface area (Å²) in [7, 11) is 1.52. The zero-order valence-electron chi connectivity index (χ0n) is 21.3. The highest BCUT2D eigenvalue weighted by Gasteiger charge is 2.41. The van der Waals surface area contributed by atoms with Crippen LogP contribution in [0.25, 0.3) is 21.9 Å². The van der Waals surface area contributed by atoms with Crippen molar-refractivity contribution in [3.05, 3.63) is 42.2 Å². The molecule has 2 fully saturated rings. The lowest BCUT2D eigenvalue weighted by molar-refractivity contribution is -0.153. The van der Waals surface area contributed by atoms with Gasteiger partial charge in [0, 0.05) is 30.3 Å². The number of H-pyrrole nitrogens is 1. The normalized spacial score (nSPS) is 16.6. The molecule has 11 heteroatoms. The number of amides is 1. The molecule has 0 bridgehead atoms. The number of hydrogen-bond donors (Lipinski definition) is 1. The molecule has 6 rings (SSSR count). The molecule has 38 heavy (non-hydrogen) atoms. The first-order valence-corrected chi connectivity index (χ1v) is 12.6. The second-order valence-electron chi connectivity index (χ2n) is 9.92. The fraction of sp³-hybridized carbons (Fsp3) is 0.407. The summed E-state index contributed by atoms with van der Waals surface area (Å²) in [5.74, 6) is 0.504. The first-order chi connectivity index (χ1) is 18.4. The summed E-state index contributed by atoms with van der Waals surface area (Å²) in [4.78, 5) is 30.4. The standard InChI is InChI=1S/C27H28FN5O5/c1-16-9-18-24(28)22(12-29-25(18)32-16)38-26-17-10-20(35-2)21(11-19(17)30-15-31-26)37-8-3-23(34)33-6-4-27(5-7-33)13-36-14-27/h9-12,15H,3-8,13-14H2,1-2H3,(H,29,32). The van der Waals surface area contributed by atoms with E-state index in [1.54, 1.807) is 18.2 Å². The molecule has 4 aromatic rings. The number of nitrogens with zero attached hydrogens (tertiary/aromatic N) is 4. The third-order valence-electron chi connectivity index (χ3n) is 7.35. The van der Waals surface area contributed by atoms with Crippen LogP contribution >= 0.6 is 0 Å². The molecule has 0 aliphatic carbocycles. The molecule has 2 aliphatic rings. The van der Waals surface area contributed by atoms with E-state index >= 15 is 4.39 Å². The summed E-state index contributed by atoms with van der Waals surface area (Å²) in [6, 6.07) is 5.05. The number of hydrogen-bond acceptors (Lipinski definition) is 8. The summed E-state index contributed by atoms with van der Waals surface area (Å²) < 4.78 is 37.7. The number of piperidine rings is 1. The molecule has 0 atom stereocenters. The maximum atomic E-state index is 15.1. The minimum Gasteiger partial charge on any atom is -0.493 e. The molecule has 3 aromatic heterocycles. The predicted octanol–water partition coefficient (Wildman–Crippen LogP) is 4.16. The van der Waals surface area contributed by atoms with Gasteiger partial charge >= 0.3 is 0 Å². The molecule has 1 spiro atoms. The molecule has 1 aromatic carbocycles. The zero-order chi connectivity index (χ0) is 26.3. The number of pyridine rings is 1. The second-order valence-corrected chi connectivity index (χ2v) is 9.92. The van der Waals surface area contributed by atoms with Gasteiger partial charge in [-0.1, -0.05) is 0 Å². The molecule has 1 amide bonds. The highest BCUT2D eigenvalue weighted by Crippen LogP contribution is 2.39. The monoisotopic (exact) mass is 521 g/mol. The average molecular weight is 522 g/mol. The largest absolute Gasteiger partial charge is 0.493 e. The maximum absolute atomic E-state index is 15.1. The molecule has 2 saturated heterocycles. The van der Waals surface area contributed by atoms with Crippen molar-refractivity contribution < 1.29 is 28.1 Å². The number of halogens is 1. The number of carbonyl (C=O) groups is 1. The van der Waals surface area contributed by atoms with Crippen molar-refractivity contribution >= 4 is 27.8 Å². The second kappa shape index (κ2) is 9.71. The van der Waals surface area contributed by atoms with E-state index < -0.39 is 5.82 Å². The van der Waals surface area contributed by atoms with Crippen LogP contribution in [0.1, 0.15) is 25.0 Å². The zero-order valence-corrected chi connectivity index (χ0v) is 21.3. The first-order valence-electron chi connectivity index (χ1n) is 12.6. The smallest absolute Gasteiger partial charge is 0.230 e. The number of aromatic nitrogens is 4. The average Bonchev–Trinajstić information content (AvgIpc) is 3.30. The van der Waals surface area contributed by atoms with Crippen LogP contribution in [0.15, 0.2) is 30.7 Å². The van der Waals surface area contributed by atoms with Gasteiger partial charge in [0.2, 0.25) is 11.8 Å². The molecule has 1 N–H and O–H groups in total. The third-order valence-corrected chi connectivity index (χ3v) is 7.35. The number of aryl methyl sites for hydroxylation is 1.